The van der Waals surface area contributed by atoms with Crippen LogP contribution in [0.1, 0.15) is 12.6 Å². The first kappa shape index (κ1) is 12.0. The van der Waals surface area contributed by atoms with Crippen LogP contribution in [0, 0.1) is 0 Å². The van der Waals surface area contributed by atoms with Crippen molar-refractivity contribution in [3.63, 3.8) is 0 Å². The minimum absolute atomic E-state index is 0.0190. The van der Waals surface area contributed by atoms with Crippen LogP contribution < -0.4 is 5.32 Å². The average Bonchev–Trinajstić information content (AvgIpc) is 2.33. The molecule has 1 atom stereocenters. The molecule has 1 aromatic heterocycles. The van der Waals surface area contributed by atoms with Gasteiger partial charge in [0.15, 0.2) is 5.50 Å². The van der Waals surface area contributed by atoms with Gasteiger partial charge in [0.25, 0.3) is 0 Å². The van der Waals surface area contributed by atoms with E-state index in [0.29, 0.717) is 0 Å². The number of aromatic nitrogens is 1. The number of amides is 1. The van der Waals surface area contributed by atoms with Gasteiger partial charge in [-0.2, -0.15) is 0 Å². The monoisotopic (exact) mass is 249 g/mol. The molecule has 0 aromatic carbocycles. The Kier molecular flexibility index (Phi) is 3.68. The lowest BCUT2D eigenvalue weighted by molar-refractivity contribution is -0.118. The van der Waals surface area contributed by atoms with E-state index in [4.69, 9.17) is 0 Å². The van der Waals surface area contributed by atoms with Gasteiger partial charge >= 0.3 is 0 Å². The molecule has 0 spiro atoms. The number of nitrogens with one attached hydrogen (secondary N) is 1. The molecule has 4 nitrogen and oxygen atoms in total. The predicted octanol–water partition coefficient (Wildman–Crippen LogP) is 1.56. The van der Waals surface area contributed by atoms with Crippen molar-refractivity contribution in [2.45, 2.75) is 18.2 Å². The molecule has 2 rings (SSSR count). The summed E-state index contributed by atoms with van der Waals surface area (Å²) in [5.41, 5.74) is 1.98. The number of carbonyl (C=O) groups excluding carboxylic acids is 1. The Hall–Kier alpha value is -1.49. The van der Waals surface area contributed by atoms with Crippen LogP contribution in [-0.4, -0.2) is 28.3 Å². The molecule has 5 heteroatoms. The number of pyridine rings is 1. The van der Waals surface area contributed by atoms with E-state index in [2.05, 4.69) is 15.2 Å². The molecule has 0 fully saturated rings. The average molecular weight is 249 g/mol. The normalized spacial score (nSPS) is 19.9. The third-order valence-corrected chi connectivity index (χ3v) is 3.84. The zero-order valence-corrected chi connectivity index (χ0v) is 10.7. The highest BCUT2D eigenvalue weighted by Gasteiger charge is 2.22. The Morgan fingerprint density at radius 1 is 1.53 bits per heavy atom. The highest BCUT2D eigenvalue weighted by molar-refractivity contribution is 7.99. The number of carbonyl (C=O) groups is 1. The van der Waals surface area contributed by atoms with Crippen LogP contribution in [0.3, 0.4) is 0 Å². The molecule has 17 heavy (non-hydrogen) atoms. The van der Waals surface area contributed by atoms with Crippen LogP contribution in [-0.2, 0) is 10.5 Å². The Bertz CT molecular complexity index is 433. The SMILES string of the molecule is CC1=CC(=O)NC(SCc2ccccn2)N1C. The van der Waals surface area contributed by atoms with Crippen molar-refractivity contribution in [2.24, 2.45) is 0 Å². The van der Waals surface area contributed by atoms with Crippen molar-refractivity contribution < 1.29 is 4.79 Å². The van der Waals surface area contributed by atoms with Crippen molar-refractivity contribution in [2.75, 3.05) is 7.05 Å². The van der Waals surface area contributed by atoms with Crippen LogP contribution in [0.4, 0.5) is 0 Å². The summed E-state index contributed by atoms with van der Waals surface area (Å²) in [5.74, 6) is 0.753. The van der Waals surface area contributed by atoms with E-state index in [0.717, 1.165) is 17.1 Å². The van der Waals surface area contributed by atoms with Crippen LogP contribution in [0.25, 0.3) is 0 Å². The van der Waals surface area contributed by atoms with Crippen molar-refractivity contribution in [3.8, 4) is 0 Å². The fourth-order valence-corrected chi connectivity index (χ4v) is 2.63. The first-order valence-electron chi connectivity index (χ1n) is 5.40. The van der Waals surface area contributed by atoms with Crippen molar-refractivity contribution in [3.05, 3.63) is 41.9 Å². The molecule has 0 aliphatic carbocycles. The fourth-order valence-electron chi connectivity index (χ4n) is 1.54. The summed E-state index contributed by atoms with van der Waals surface area (Å²) in [6.45, 7) is 1.94. The second kappa shape index (κ2) is 5.23. The number of thioether (sulfide) groups is 1. The van der Waals surface area contributed by atoms with Crippen LogP contribution in [0.15, 0.2) is 36.2 Å². The second-order valence-electron chi connectivity index (χ2n) is 3.89. The molecule has 0 bridgehead atoms. The molecule has 1 aliphatic heterocycles. The lowest BCUT2D eigenvalue weighted by Crippen LogP contribution is -2.46. The molecule has 1 unspecified atom stereocenters. The highest BCUT2D eigenvalue weighted by Crippen LogP contribution is 2.22. The molecule has 1 amide bonds. The van der Waals surface area contributed by atoms with Crippen molar-refractivity contribution >= 4 is 17.7 Å². The molecule has 1 N–H and O–H groups in total. The molecular weight excluding hydrogens is 234 g/mol. The number of allylic oxidation sites excluding steroid dienone is 1. The number of hydrogen-bond acceptors (Lipinski definition) is 4. The summed E-state index contributed by atoms with van der Waals surface area (Å²) >= 11 is 1.66. The maximum Gasteiger partial charge on any atom is 0.247 e. The largest absolute Gasteiger partial charge is 0.349 e. The Morgan fingerprint density at radius 2 is 2.35 bits per heavy atom. The molecule has 0 saturated carbocycles. The van der Waals surface area contributed by atoms with Gasteiger partial charge in [0.2, 0.25) is 5.91 Å². The van der Waals surface area contributed by atoms with Gasteiger partial charge in [-0.05, 0) is 19.1 Å². The van der Waals surface area contributed by atoms with Gasteiger partial charge in [-0.15, -0.1) is 11.8 Å². The van der Waals surface area contributed by atoms with E-state index in [-0.39, 0.29) is 11.4 Å². The minimum atomic E-state index is -0.0286. The molecule has 90 valence electrons. The first-order chi connectivity index (χ1) is 8.16. The predicted molar refractivity (Wildman–Crippen MR) is 69.0 cm³/mol. The summed E-state index contributed by atoms with van der Waals surface area (Å²) in [6.07, 6.45) is 3.39. The zero-order chi connectivity index (χ0) is 12.3. The maximum absolute atomic E-state index is 11.4. The summed E-state index contributed by atoms with van der Waals surface area (Å²) in [5, 5.41) is 2.91. The van der Waals surface area contributed by atoms with E-state index in [9.17, 15) is 4.79 Å². The summed E-state index contributed by atoms with van der Waals surface area (Å²) in [4.78, 5) is 17.7. The highest BCUT2D eigenvalue weighted by atomic mass is 32.2. The third-order valence-electron chi connectivity index (χ3n) is 2.63. The van der Waals surface area contributed by atoms with Gasteiger partial charge in [-0.25, -0.2) is 0 Å². The molecule has 1 aliphatic rings. The van der Waals surface area contributed by atoms with E-state index in [1.54, 1.807) is 24.0 Å². The quantitative estimate of drug-likeness (QED) is 0.883. The minimum Gasteiger partial charge on any atom is -0.349 e. The second-order valence-corrected chi connectivity index (χ2v) is 4.96. The van der Waals surface area contributed by atoms with Gasteiger partial charge in [-0.1, -0.05) is 6.07 Å². The molecule has 1 aromatic rings. The standard InChI is InChI=1S/C12H15N3OS/c1-9-7-11(16)14-12(15(9)2)17-8-10-5-3-4-6-13-10/h3-7,12H,8H2,1-2H3,(H,14,16). The number of nitrogens with zero attached hydrogens (tertiary/aromatic N) is 2. The fraction of sp³-hybridized carbons (Fsp3) is 0.333. The van der Waals surface area contributed by atoms with Gasteiger partial charge in [-0.3, -0.25) is 9.78 Å². The molecular formula is C12H15N3OS. The van der Waals surface area contributed by atoms with Crippen LogP contribution in [0.2, 0.25) is 0 Å². The lowest BCUT2D eigenvalue weighted by Gasteiger charge is -2.33. The van der Waals surface area contributed by atoms with E-state index in [1.165, 1.54) is 0 Å². The Morgan fingerprint density at radius 3 is 3.06 bits per heavy atom. The van der Waals surface area contributed by atoms with Crippen LogP contribution in [0.5, 0.6) is 0 Å². The van der Waals surface area contributed by atoms with Gasteiger partial charge in [0.1, 0.15) is 0 Å². The van der Waals surface area contributed by atoms with Gasteiger partial charge in [0.05, 0.1) is 5.69 Å². The third kappa shape index (κ3) is 3.00. The van der Waals surface area contributed by atoms with E-state index in [1.807, 2.05) is 32.2 Å². The van der Waals surface area contributed by atoms with Gasteiger partial charge in [0, 0.05) is 30.8 Å². The Labute approximate surface area is 105 Å². The number of hydrogen-bond donors (Lipinski definition) is 1. The van der Waals surface area contributed by atoms with Crippen molar-refractivity contribution in [1.29, 1.82) is 0 Å². The molecule has 2 heterocycles. The molecule has 0 radical (unpaired) electrons. The topological polar surface area (TPSA) is 45.2 Å². The van der Waals surface area contributed by atoms with E-state index >= 15 is 0 Å². The van der Waals surface area contributed by atoms with Gasteiger partial charge < -0.3 is 10.2 Å². The Balaban J connectivity index is 1.96. The lowest BCUT2D eigenvalue weighted by atomic mass is 10.3. The van der Waals surface area contributed by atoms with E-state index < -0.39 is 0 Å². The smallest absolute Gasteiger partial charge is 0.247 e. The summed E-state index contributed by atoms with van der Waals surface area (Å²) < 4.78 is 0. The first-order valence-corrected chi connectivity index (χ1v) is 6.45. The summed E-state index contributed by atoms with van der Waals surface area (Å²) in [6, 6.07) is 5.85. The van der Waals surface area contributed by atoms with Crippen molar-refractivity contribution in [1.82, 2.24) is 15.2 Å². The zero-order valence-electron chi connectivity index (χ0n) is 9.88. The summed E-state index contributed by atoms with van der Waals surface area (Å²) in [7, 11) is 1.97. The molecule has 0 saturated heterocycles. The maximum atomic E-state index is 11.4. The number of rotatable bonds is 3. The van der Waals surface area contributed by atoms with Crippen LogP contribution >= 0.6 is 11.8 Å².